The van der Waals surface area contributed by atoms with Crippen molar-refractivity contribution >= 4 is 17.9 Å². The average molecular weight is 1130 g/mol. The number of hydrogen-bond acceptors (Lipinski definition) is 6. The Kier molecular flexibility index (Phi) is 68.0. The molecule has 0 aliphatic carbocycles. The van der Waals surface area contributed by atoms with Gasteiger partial charge >= 0.3 is 17.9 Å². The SMILES string of the molecule is CCCCC/C=C\CCCCCCCC(=O)OCC(COC(=O)CCCCCCCCCCCCCCCCCCCCCCCCCCCCCCCCCCCCC)OC(=O)CCCCCCCCCCCCCCCCC. The normalized spacial score (nSPS) is 12.0. The lowest BCUT2D eigenvalue weighted by Crippen LogP contribution is -2.30. The number of unbranched alkanes of at least 4 members (excludes halogenated alkanes) is 56. The lowest BCUT2D eigenvalue weighted by molar-refractivity contribution is -0.167. The molecular weight excluding hydrogens is 985 g/mol. The highest BCUT2D eigenvalue weighted by atomic mass is 16.6. The van der Waals surface area contributed by atoms with E-state index >= 15 is 0 Å². The Morgan fingerprint density at radius 3 is 0.650 bits per heavy atom. The van der Waals surface area contributed by atoms with E-state index in [9.17, 15) is 14.4 Å². The fourth-order valence-electron chi connectivity index (χ4n) is 11.5. The van der Waals surface area contributed by atoms with Gasteiger partial charge in [0.15, 0.2) is 6.10 Å². The molecule has 0 bridgehead atoms. The van der Waals surface area contributed by atoms with Crippen LogP contribution in [0, 0.1) is 0 Å². The van der Waals surface area contributed by atoms with Crippen molar-refractivity contribution in [1.82, 2.24) is 0 Å². The highest BCUT2D eigenvalue weighted by molar-refractivity contribution is 5.71. The van der Waals surface area contributed by atoms with Gasteiger partial charge in [0, 0.05) is 19.3 Å². The fraction of sp³-hybridized carbons (Fsp3) is 0.932. The molecular formula is C74H142O6. The lowest BCUT2D eigenvalue weighted by Gasteiger charge is -2.18. The standard InChI is InChI=1S/C74H142O6/c1-4-7-10-13-16-19-22-25-27-28-29-30-31-32-33-34-35-36-37-38-39-40-41-42-43-44-45-46-48-49-52-55-58-61-64-67-73(76)79-70-71(69-78-72(75)66-63-60-57-54-51-24-21-18-15-12-9-6-3)80-74(77)68-65-62-59-56-53-50-47-26-23-20-17-14-11-8-5-2/h18,21,71H,4-17,19-20,22-70H2,1-3H3/b21-18-. The van der Waals surface area contributed by atoms with Gasteiger partial charge in [0.05, 0.1) is 0 Å². The summed E-state index contributed by atoms with van der Waals surface area (Å²) >= 11 is 0. The Morgan fingerprint density at radius 2 is 0.412 bits per heavy atom. The molecule has 0 rings (SSSR count). The van der Waals surface area contributed by atoms with Crippen LogP contribution in [0.5, 0.6) is 0 Å². The first-order chi connectivity index (χ1) is 39.5. The highest BCUT2D eigenvalue weighted by Crippen LogP contribution is 2.20. The molecule has 0 fully saturated rings. The van der Waals surface area contributed by atoms with E-state index < -0.39 is 6.10 Å². The molecule has 0 saturated carbocycles. The molecule has 0 aromatic heterocycles. The van der Waals surface area contributed by atoms with Crippen LogP contribution in [0.4, 0.5) is 0 Å². The van der Waals surface area contributed by atoms with Crippen molar-refractivity contribution in [3.8, 4) is 0 Å². The van der Waals surface area contributed by atoms with E-state index in [0.717, 1.165) is 64.2 Å². The third-order valence-corrected chi connectivity index (χ3v) is 17.0. The van der Waals surface area contributed by atoms with Crippen LogP contribution in [0.15, 0.2) is 12.2 Å². The zero-order valence-corrected chi connectivity index (χ0v) is 54.6. The zero-order valence-electron chi connectivity index (χ0n) is 54.6. The largest absolute Gasteiger partial charge is 0.462 e. The van der Waals surface area contributed by atoms with Crippen molar-refractivity contribution in [3.05, 3.63) is 12.2 Å². The minimum atomic E-state index is -0.769. The van der Waals surface area contributed by atoms with Gasteiger partial charge in [0.1, 0.15) is 13.2 Å². The molecule has 0 heterocycles. The van der Waals surface area contributed by atoms with Gasteiger partial charge in [-0.25, -0.2) is 0 Å². The second-order valence-corrected chi connectivity index (χ2v) is 25.2. The van der Waals surface area contributed by atoms with Crippen molar-refractivity contribution in [1.29, 1.82) is 0 Å². The number of hydrogen-bond donors (Lipinski definition) is 0. The van der Waals surface area contributed by atoms with Gasteiger partial charge in [-0.05, 0) is 44.9 Å². The second-order valence-electron chi connectivity index (χ2n) is 25.2. The van der Waals surface area contributed by atoms with Crippen LogP contribution in [0.3, 0.4) is 0 Å². The molecule has 0 N–H and O–H groups in total. The molecule has 1 atom stereocenters. The first-order valence-electron chi connectivity index (χ1n) is 36.7. The Morgan fingerprint density at radius 1 is 0.237 bits per heavy atom. The van der Waals surface area contributed by atoms with Gasteiger partial charge in [0.2, 0.25) is 0 Å². The average Bonchev–Trinajstić information content (AvgIpc) is 3.46. The second kappa shape index (κ2) is 69.6. The van der Waals surface area contributed by atoms with Crippen LogP contribution < -0.4 is 0 Å². The Bertz CT molecular complexity index is 1250. The highest BCUT2D eigenvalue weighted by Gasteiger charge is 2.20. The van der Waals surface area contributed by atoms with Crippen LogP contribution in [0.1, 0.15) is 425 Å². The third kappa shape index (κ3) is 66.9. The van der Waals surface area contributed by atoms with Crippen LogP contribution in [0.2, 0.25) is 0 Å². The molecule has 6 nitrogen and oxygen atoms in total. The molecule has 1 unspecified atom stereocenters. The van der Waals surface area contributed by atoms with Crippen LogP contribution >= 0.6 is 0 Å². The van der Waals surface area contributed by atoms with Crippen molar-refractivity contribution in [2.75, 3.05) is 13.2 Å². The van der Waals surface area contributed by atoms with Crippen molar-refractivity contribution < 1.29 is 28.6 Å². The van der Waals surface area contributed by atoms with E-state index in [2.05, 4.69) is 32.9 Å². The monoisotopic (exact) mass is 1130 g/mol. The number of rotatable bonds is 69. The summed E-state index contributed by atoms with van der Waals surface area (Å²) in [7, 11) is 0. The predicted molar refractivity (Wildman–Crippen MR) is 349 cm³/mol. The molecule has 0 amide bonds. The fourth-order valence-corrected chi connectivity index (χ4v) is 11.5. The van der Waals surface area contributed by atoms with Crippen LogP contribution in [-0.4, -0.2) is 37.2 Å². The van der Waals surface area contributed by atoms with E-state index in [1.807, 2.05) is 0 Å². The summed E-state index contributed by atoms with van der Waals surface area (Å²) in [5.41, 5.74) is 0. The molecule has 0 aliphatic heterocycles. The van der Waals surface area contributed by atoms with E-state index in [4.69, 9.17) is 14.2 Å². The molecule has 0 aliphatic rings. The van der Waals surface area contributed by atoms with E-state index in [1.165, 1.54) is 321 Å². The molecule has 0 aromatic rings. The minimum Gasteiger partial charge on any atom is -0.462 e. The van der Waals surface area contributed by atoms with Gasteiger partial charge in [-0.3, -0.25) is 14.4 Å². The summed E-state index contributed by atoms with van der Waals surface area (Å²) in [6.45, 7) is 6.69. The summed E-state index contributed by atoms with van der Waals surface area (Å²) < 4.78 is 17.0. The van der Waals surface area contributed by atoms with Gasteiger partial charge < -0.3 is 14.2 Å². The van der Waals surface area contributed by atoms with Crippen LogP contribution in [-0.2, 0) is 28.6 Å². The van der Waals surface area contributed by atoms with Crippen molar-refractivity contribution in [2.24, 2.45) is 0 Å². The molecule has 0 aromatic carbocycles. The number of carbonyl (C=O) groups excluding carboxylic acids is 3. The molecule has 0 spiro atoms. The summed E-state index contributed by atoms with van der Waals surface area (Å²) in [4.78, 5) is 38.3. The molecule has 474 valence electrons. The maximum absolute atomic E-state index is 12.9. The molecule has 0 radical (unpaired) electrons. The lowest BCUT2D eigenvalue weighted by atomic mass is 10.0. The summed E-state index contributed by atoms with van der Waals surface area (Å²) in [5, 5.41) is 0. The molecule has 0 saturated heterocycles. The Hall–Kier alpha value is -1.85. The Balaban J connectivity index is 3.99. The summed E-state index contributed by atoms with van der Waals surface area (Å²) in [6.07, 6.45) is 84.2. The first kappa shape index (κ1) is 78.1. The van der Waals surface area contributed by atoms with E-state index in [0.29, 0.717) is 19.3 Å². The van der Waals surface area contributed by atoms with E-state index in [-0.39, 0.29) is 31.1 Å². The third-order valence-electron chi connectivity index (χ3n) is 17.0. The van der Waals surface area contributed by atoms with Gasteiger partial charge in [0.25, 0.3) is 0 Å². The number of esters is 3. The van der Waals surface area contributed by atoms with Crippen molar-refractivity contribution in [2.45, 2.75) is 431 Å². The first-order valence-corrected chi connectivity index (χ1v) is 36.7. The van der Waals surface area contributed by atoms with Crippen molar-refractivity contribution in [3.63, 3.8) is 0 Å². The van der Waals surface area contributed by atoms with Gasteiger partial charge in [-0.1, -0.05) is 373 Å². The zero-order chi connectivity index (χ0) is 57.8. The van der Waals surface area contributed by atoms with Gasteiger partial charge in [-0.15, -0.1) is 0 Å². The predicted octanol–water partition coefficient (Wildman–Crippen LogP) is 25.2. The number of ether oxygens (including phenoxy) is 3. The quantitative estimate of drug-likeness (QED) is 0.0261. The minimum absolute atomic E-state index is 0.0660. The van der Waals surface area contributed by atoms with E-state index in [1.54, 1.807) is 0 Å². The van der Waals surface area contributed by atoms with Gasteiger partial charge in [-0.2, -0.15) is 0 Å². The maximum Gasteiger partial charge on any atom is 0.306 e. The molecule has 6 heteroatoms. The van der Waals surface area contributed by atoms with Crippen LogP contribution in [0.25, 0.3) is 0 Å². The smallest absolute Gasteiger partial charge is 0.306 e. The molecule has 80 heavy (non-hydrogen) atoms. The number of allylic oxidation sites excluding steroid dienone is 2. The Labute approximate surface area is 501 Å². The topological polar surface area (TPSA) is 78.9 Å². The summed E-state index contributed by atoms with van der Waals surface area (Å²) in [6, 6.07) is 0. The number of carbonyl (C=O) groups is 3. The summed E-state index contributed by atoms with van der Waals surface area (Å²) in [5.74, 6) is -0.844. The maximum atomic E-state index is 12.9.